The Bertz CT molecular complexity index is 3860. The van der Waals surface area contributed by atoms with Gasteiger partial charge in [-0.15, -0.1) is 0 Å². The molecule has 0 aliphatic carbocycles. The minimum Gasteiger partial charge on any atom is -0.455 e. The van der Waals surface area contributed by atoms with Crippen LogP contribution in [0.3, 0.4) is 0 Å². The van der Waals surface area contributed by atoms with Crippen molar-refractivity contribution in [1.82, 2.24) is 9.13 Å². The highest BCUT2D eigenvalue weighted by molar-refractivity contribution is 6.27. The summed E-state index contributed by atoms with van der Waals surface area (Å²) in [4.78, 5) is 0. The van der Waals surface area contributed by atoms with Gasteiger partial charge in [0.25, 0.3) is 0 Å². The van der Waals surface area contributed by atoms with Crippen molar-refractivity contribution >= 4 is 104 Å². The van der Waals surface area contributed by atoms with E-state index in [9.17, 15) is 0 Å². The van der Waals surface area contributed by atoms with Gasteiger partial charge in [-0.1, -0.05) is 123 Å². The predicted octanol–water partition coefficient (Wildman–Crippen LogP) is 16.0. The Balaban J connectivity index is 1.20. The molecule has 12 aromatic rings. The zero-order chi connectivity index (χ0) is 41.8. The summed E-state index contributed by atoms with van der Waals surface area (Å²) in [6.45, 7) is 9.04. The fourth-order valence-corrected chi connectivity index (χ4v) is 10.2. The molecule has 0 saturated heterocycles. The number of para-hydroxylation sites is 4. The lowest BCUT2D eigenvalue weighted by Crippen LogP contribution is -2.19. The Morgan fingerprint density at radius 2 is 0.935 bits per heavy atom. The van der Waals surface area contributed by atoms with Gasteiger partial charge in [0, 0.05) is 66.5 Å². The van der Waals surface area contributed by atoms with Gasteiger partial charge in [-0.25, -0.2) is 8.78 Å². The first-order valence-electron chi connectivity index (χ1n) is 21.0. The van der Waals surface area contributed by atoms with E-state index in [1.807, 2.05) is 66.7 Å². The molecule has 0 aliphatic rings. The summed E-state index contributed by atoms with van der Waals surface area (Å²) in [5, 5.41) is 8.10. The summed E-state index contributed by atoms with van der Waals surface area (Å²) < 4.78 is 51.0. The number of hydrogen-bond donors (Lipinski definition) is 0. The number of halogens is 2. The minimum absolute atomic E-state index is 0.271. The highest BCUT2D eigenvalue weighted by atomic mass is 19.1. The van der Waals surface area contributed by atoms with E-state index in [1.165, 1.54) is 12.1 Å². The number of allylic oxidation sites excluding steroid dienone is 3. The predicted molar refractivity (Wildman–Crippen MR) is 252 cm³/mol. The van der Waals surface area contributed by atoms with E-state index in [0.29, 0.717) is 28.0 Å². The fraction of sp³-hybridized carbons (Fsp3) is 0.0714. The summed E-state index contributed by atoms with van der Waals surface area (Å²) in [6.07, 6.45) is 0. The van der Waals surface area contributed by atoms with E-state index < -0.39 is 5.82 Å². The second kappa shape index (κ2) is 13.7. The van der Waals surface area contributed by atoms with Crippen molar-refractivity contribution < 1.29 is 17.6 Å². The maximum absolute atomic E-state index is 16.9. The van der Waals surface area contributed by atoms with Crippen LogP contribution in [0.2, 0.25) is 0 Å². The van der Waals surface area contributed by atoms with Crippen molar-refractivity contribution in [1.29, 1.82) is 0 Å². The Morgan fingerprint density at radius 3 is 1.55 bits per heavy atom. The lowest BCUT2D eigenvalue weighted by Gasteiger charge is -2.31. The summed E-state index contributed by atoms with van der Waals surface area (Å²) in [5.74, 6) is -1.18. The number of aromatic nitrogens is 2. The number of benzene rings is 8. The molecular formula is C56H38F2N2O2. The van der Waals surface area contributed by atoms with E-state index in [1.54, 1.807) is 18.2 Å². The van der Waals surface area contributed by atoms with Crippen LogP contribution in [0.4, 0.5) is 8.78 Å². The third-order valence-corrected chi connectivity index (χ3v) is 13.1. The van der Waals surface area contributed by atoms with Crippen molar-refractivity contribution in [2.24, 2.45) is 5.92 Å². The van der Waals surface area contributed by atoms with E-state index in [4.69, 9.17) is 15.4 Å². The van der Waals surface area contributed by atoms with Crippen molar-refractivity contribution in [2.45, 2.75) is 19.9 Å². The normalized spacial score (nSPS) is 13.7. The summed E-state index contributed by atoms with van der Waals surface area (Å²) in [5.41, 5.74) is 9.40. The molecule has 4 nitrogen and oxygen atoms in total. The maximum Gasteiger partial charge on any atom is 0.145 e. The molecule has 0 aliphatic heterocycles. The van der Waals surface area contributed by atoms with Crippen LogP contribution in [0.1, 0.15) is 31.0 Å². The molecule has 8 aromatic carbocycles. The van der Waals surface area contributed by atoms with Gasteiger partial charge in [0.2, 0.25) is 0 Å². The molecule has 62 heavy (non-hydrogen) atoms. The zero-order valence-corrected chi connectivity index (χ0v) is 34.0. The van der Waals surface area contributed by atoms with Gasteiger partial charge in [0.05, 0.1) is 33.0 Å². The van der Waals surface area contributed by atoms with Gasteiger partial charge in [-0.2, -0.15) is 0 Å². The first kappa shape index (κ1) is 36.2. The Kier molecular flexibility index (Phi) is 7.97. The van der Waals surface area contributed by atoms with Crippen molar-refractivity contribution in [3.63, 3.8) is 0 Å². The molecule has 0 N–H and O–H groups in total. The third kappa shape index (κ3) is 5.10. The Morgan fingerprint density at radius 1 is 0.468 bits per heavy atom. The minimum atomic E-state index is -0.415. The molecule has 0 radical (unpaired) electrons. The summed E-state index contributed by atoms with van der Waals surface area (Å²) in [7, 11) is 0. The average Bonchev–Trinajstić information content (AvgIpc) is 4.06. The Hall–Kier alpha value is -7.70. The molecule has 298 valence electrons. The number of fused-ring (bicyclic) bond motifs is 14. The van der Waals surface area contributed by atoms with Crippen molar-refractivity contribution in [3.05, 3.63) is 199 Å². The van der Waals surface area contributed by atoms with Gasteiger partial charge in [0.1, 0.15) is 34.0 Å². The highest BCUT2D eigenvalue weighted by Crippen LogP contribution is 2.49. The standard InChI is InChI=1S/C56H38F2N2O2/c1-32(34(3)59-45-24-12-6-20-41(45)52-47(59)30-28-38-36-17-8-14-26-49(36)61-55(38)52)51(40-19-5-11-23-44(40)58)54(33(2)35-16-4-10-22-43(35)57)60-46-25-13-7-21-42(46)53-48(60)31-29-39-37-18-9-15-27-50(37)62-56(39)53/h4-32,34H,2H2,1,3H3/b54-51-/t32-,34?/m1/s1. The quantitative estimate of drug-likeness (QED) is 0.150. The van der Waals surface area contributed by atoms with Gasteiger partial charge in [-0.3, -0.25) is 0 Å². The molecule has 2 atom stereocenters. The first-order valence-corrected chi connectivity index (χ1v) is 21.0. The lowest BCUT2D eigenvalue weighted by molar-refractivity contribution is 0.476. The van der Waals surface area contributed by atoms with Crippen LogP contribution in [0.25, 0.3) is 104 Å². The van der Waals surface area contributed by atoms with Gasteiger partial charge >= 0.3 is 0 Å². The second-order valence-electron chi connectivity index (χ2n) is 16.3. The zero-order valence-electron chi connectivity index (χ0n) is 34.0. The molecule has 4 heterocycles. The monoisotopic (exact) mass is 808 g/mol. The molecule has 0 fully saturated rings. The van der Waals surface area contributed by atoms with Crippen LogP contribution in [-0.2, 0) is 0 Å². The van der Waals surface area contributed by atoms with E-state index >= 15 is 8.78 Å². The molecule has 0 bridgehead atoms. The van der Waals surface area contributed by atoms with Gasteiger partial charge < -0.3 is 18.0 Å². The second-order valence-corrected chi connectivity index (χ2v) is 16.3. The molecule has 0 saturated carbocycles. The third-order valence-electron chi connectivity index (χ3n) is 13.1. The van der Waals surface area contributed by atoms with Crippen LogP contribution in [0, 0.1) is 17.6 Å². The first-order chi connectivity index (χ1) is 30.4. The molecule has 12 rings (SSSR count). The lowest BCUT2D eigenvalue weighted by atomic mass is 9.83. The smallest absolute Gasteiger partial charge is 0.145 e. The van der Waals surface area contributed by atoms with Gasteiger partial charge in [0.15, 0.2) is 0 Å². The van der Waals surface area contributed by atoms with E-state index in [2.05, 4.69) is 95.8 Å². The number of furan rings is 2. The molecule has 0 amide bonds. The highest BCUT2D eigenvalue weighted by Gasteiger charge is 2.32. The number of nitrogens with zero attached hydrogens (tertiary/aromatic N) is 2. The summed E-state index contributed by atoms with van der Waals surface area (Å²) in [6, 6.07) is 54.6. The Labute approximate surface area is 354 Å². The van der Waals surface area contributed by atoms with Crippen LogP contribution in [0.15, 0.2) is 185 Å². The largest absolute Gasteiger partial charge is 0.455 e. The number of hydrogen-bond acceptors (Lipinski definition) is 2. The SMILES string of the molecule is C=C(/C(=C(/c1ccccc1F)[C@H](C)C(C)n1c2ccccc2c2c3oc4ccccc4c3ccc21)n1c2ccccc2c2c3oc4ccccc4c3ccc21)c1ccccc1F. The van der Waals surface area contributed by atoms with Gasteiger partial charge in [-0.05, 0) is 73.2 Å². The van der Waals surface area contributed by atoms with Crippen LogP contribution in [0.5, 0.6) is 0 Å². The van der Waals surface area contributed by atoms with Crippen molar-refractivity contribution in [2.75, 3.05) is 0 Å². The average molecular weight is 809 g/mol. The topological polar surface area (TPSA) is 36.1 Å². The van der Waals surface area contributed by atoms with E-state index in [-0.39, 0.29) is 17.8 Å². The molecule has 1 unspecified atom stereocenters. The fourth-order valence-electron chi connectivity index (χ4n) is 10.2. The van der Waals surface area contributed by atoms with Crippen LogP contribution >= 0.6 is 0 Å². The maximum atomic E-state index is 16.9. The van der Waals surface area contributed by atoms with E-state index in [0.717, 1.165) is 87.5 Å². The molecule has 0 spiro atoms. The molecule has 6 heteroatoms. The summed E-state index contributed by atoms with van der Waals surface area (Å²) >= 11 is 0. The van der Waals surface area contributed by atoms with Crippen LogP contribution in [-0.4, -0.2) is 9.13 Å². The number of rotatable bonds is 7. The molecular weight excluding hydrogens is 771 g/mol. The van der Waals surface area contributed by atoms with Crippen LogP contribution < -0.4 is 0 Å². The molecule has 4 aromatic heterocycles. The van der Waals surface area contributed by atoms with Crippen molar-refractivity contribution in [3.8, 4) is 0 Å².